The second kappa shape index (κ2) is 3.44. The first-order valence-electron chi connectivity index (χ1n) is 4.49. The van der Waals surface area contributed by atoms with Gasteiger partial charge in [-0.25, -0.2) is 9.78 Å². The lowest BCUT2D eigenvalue weighted by Crippen LogP contribution is -2.09. The Kier molecular flexibility index (Phi) is 2.64. The van der Waals surface area contributed by atoms with Crippen LogP contribution in [0.2, 0.25) is 0 Å². The fraction of sp³-hybridized carbons (Fsp3) is 0.600. The normalized spacial score (nSPS) is 11.7. The molecule has 0 unspecified atom stereocenters. The Balaban J connectivity index is 2.92. The van der Waals surface area contributed by atoms with E-state index in [2.05, 4.69) is 4.98 Å². The highest BCUT2D eigenvalue weighted by Gasteiger charge is 2.20. The largest absolute Gasteiger partial charge is 0.475 e. The van der Waals surface area contributed by atoms with Crippen molar-refractivity contribution in [2.75, 3.05) is 0 Å². The summed E-state index contributed by atoms with van der Waals surface area (Å²) in [5.41, 5.74) is 0.490. The van der Waals surface area contributed by atoms with Gasteiger partial charge in [-0.05, 0) is 12.3 Å². The lowest BCUT2D eigenvalue weighted by atomic mass is 9.92. The van der Waals surface area contributed by atoms with E-state index in [0.29, 0.717) is 18.0 Å². The Hall–Kier alpha value is -1.32. The highest BCUT2D eigenvalue weighted by Crippen LogP contribution is 2.21. The van der Waals surface area contributed by atoms with Crippen LogP contribution in [0.1, 0.15) is 42.9 Å². The number of aromatic carboxylic acids is 1. The van der Waals surface area contributed by atoms with Crippen LogP contribution in [0.4, 0.5) is 0 Å². The lowest BCUT2D eigenvalue weighted by molar-refractivity contribution is 0.0658. The third-order valence-electron chi connectivity index (χ3n) is 1.72. The van der Waals surface area contributed by atoms with Gasteiger partial charge < -0.3 is 9.52 Å². The van der Waals surface area contributed by atoms with Crippen molar-refractivity contribution in [2.24, 2.45) is 5.41 Å². The van der Waals surface area contributed by atoms with Gasteiger partial charge in [-0.15, -0.1) is 0 Å². The summed E-state index contributed by atoms with van der Waals surface area (Å²) in [5, 5.41) is 8.74. The molecule has 0 aliphatic heterocycles. The molecule has 0 amide bonds. The molecule has 0 bridgehead atoms. The van der Waals surface area contributed by atoms with Crippen LogP contribution in [0.3, 0.4) is 0 Å². The summed E-state index contributed by atoms with van der Waals surface area (Å²) in [6.07, 6.45) is 0.640. The molecule has 14 heavy (non-hydrogen) atoms. The molecular weight excluding hydrogens is 182 g/mol. The van der Waals surface area contributed by atoms with Crippen LogP contribution < -0.4 is 0 Å². The molecule has 4 nitrogen and oxygen atoms in total. The zero-order chi connectivity index (χ0) is 10.9. The zero-order valence-electron chi connectivity index (χ0n) is 8.92. The molecule has 0 aliphatic rings. The van der Waals surface area contributed by atoms with E-state index < -0.39 is 5.97 Å². The number of hydrogen-bond acceptors (Lipinski definition) is 3. The summed E-state index contributed by atoms with van der Waals surface area (Å²) >= 11 is 0. The minimum Gasteiger partial charge on any atom is -0.475 e. The maximum Gasteiger partial charge on any atom is 0.373 e. The van der Waals surface area contributed by atoms with Gasteiger partial charge in [-0.2, -0.15) is 0 Å². The number of carboxylic acids is 1. The summed E-state index contributed by atoms with van der Waals surface area (Å²) in [7, 11) is 0. The van der Waals surface area contributed by atoms with Crippen molar-refractivity contribution in [3.05, 3.63) is 17.3 Å². The third-order valence-corrected chi connectivity index (χ3v) is 1.72. The Morgan fingerprint density at radius 3 is 2.43 bits per heavy atom. The molecule has 0 fully saturated rings. The molecular formula is C10H15NO3. The van der Waals surface area contributed by atoms with Crippen LogP contribution in [-0.4, -0.2) is 16.1 Å². The molecule has 0 atom stereocenters. The van der Waals surface area contributed by atoms with Gasteiger partial charge in [0.25, 0.3) is 0 Å². The zero-order valence-corrected chi connectivity index (χ0v) is 8.92. The van der Waals surface area contributed by atoms with Crippen LogP contribution in [0.25, 0.3) is 0 Å². The van der Waals surface area contributed by atoms with Gasteiger partial charge in [0.2, 0.25) is 5.76 Å². The number of carboxylic acid groups (broad SMARTS) is 1. The Labute approximate surface area is 83.0 Å². The molecule has 1 aromatic heterocycles. The number of hydrogen-bond donors (Lipinski definition) is 1. The molecule has 0 saturated heterocycles. The summed E-state index contributed by atoms with van der Waals surface area (Å²) in [6.45, 7) is 7.78. The van der Waals surface area contributed by atoms with Crippen LogP contribution in [0.15, 0.2) is 4.42 Å². The minimum absolute atomic E-state index is 0.0487. The number of nitrogens with zero attached hydrogens (tertiary/aromatic N) is 1. The molecule has 1 N–H and O–H groups in total. The quantitative estimate of drug-likeness (QED) is 0.789. The van der Waals surface area contributed by atoms with Gasteiger partial charge in [0.05, 0.1) is 5.69 Å². The lowest BCUT2D eigenvalue weighted by Gasteiger charge is -2.14. The van der Waals surface area contributed by atoms with Crippen molar-refractivity contribution in [2.45, 2.75) is 34.1 Å². The first kappa shape index (κ1) is 10.8. The van der Waals surface area contributed by atoms with E-state index in [9.17, 15) is 4.79 Å². The van der Waals surface area contributed by atoms with Gasteiger partial charge in [0, 0.05) is 6.42 Å². The fourth-order valence-electron chi connectivity index (χ4n) is 1.18. The predicted octanol–water partition coefficient (Wildman–Crippen LogP) is 2.27. The smallest absolute Gasteiger partial charge is 0.373 e. The first-order valence-corrected chi connectivity index (χ1v) is 4.49. The van der Waals surface area contributed by atoms with Crippen molar-refractivity contribution < 1.29 is 14.3 Å². The maximum absolute atomic E-state index is 10.7. The summed E-state index contributed by atoms with van der Waals surface area (Å²) < 4.78 is 5.14. The second-order valence-corrected chi connectivity index (χ2v) is 4.56. The number of aryl methyl sites for hydroxylation is 1. The van der Waals surface area contributed by atoms with Gasteiger partial charge in [-0.1, -0.05) is 20.8 Å². The Morgan fingerprint density at radius 2 is 2.07 bits per heavy atom. The van der Waals surface area contributed by atoms with Gasteiger partial charge in [-0.3, -0.25) is 0 Å². The highest BCUT2D eigenvalue weighted by molar-refractivity contribution is 5.85. The van der Waals surface area contributed by atoms with Gasteiger partial charge in [0.15, 0.2) is 5.89 Å². The van der Waals surface area contributed by atoms with E-state index in [1.807, 2.05) is 20.8 Å². The van der Waals surface area contributed by atoms with Crippen LogP contribution >= 0.6 is 0 Å². The SMILES string of the molecule is Cc1nc(CC(C)(C)C)oc1C(=O)O. The van der Waals surface area contributed by atoms with Crippen LogP contribution in [-0.2, 0) is 6.42 Å². The molecule has 1 aromatic rings. The molecule has 0 saturated carbocycles. The predicted molar refractivity (Wildman–Crippen MR) is 51.4 cm³/mol. The molecule has 1 heterocycles. The van der Waals surface area contributed by atoms with E-state index in [0.717, 1.165) is 0 Å². The molecule has 4 heteroatoms. The molecule has 78 valence electrons. The van der Waals surface area contributed by atoms with E-state index >= 15 is 0 Å². The topological polar surface area (TPSA) is 63.3 Å². The minimum atomic E-state index is -1.06. The van der Waals surface area contributed by atoms with E-state index in [4.69, 9.17) is 9.52 Å². The number of aromatic nitrogens is 1. The van der Waals surface area contributed by atoms with Gasteiger partial charge in [0.1, 0.15) is 0 Å². The first-order chi connectivity index (χ1) is 6.29. The molecule has 0 aliphatic carbocycles. The summed E-state index contributed by atoms with van der Waals surface area (Å²) in [4.78, 5) is 14.7. The van der Waals surface area contributed by atoms with Crippen molar-refractivity contribution in [3.63, 3.8) is 0 Å². The van der Waals surface area contributed by atoms with E-state index in [1.54, 1.807) is 6.92 Å². The van der Waals surface area contributed by atoms with E-state index in [1.165, 1.54) is 0 Å². The molecule has 0 spiro atoms. The Morgan fingerprint density at radius 1 is 1.50 bits per heavy atom. The maximum atomic E-state index is 10.7. The number of carbonyl (C=O) groups is 1. The molecule has 0 radical (unpaired) electrons. The summed E-state index contributed by atoms with van der Waals surface area (Å²) in [5.74, 6) is -0.619. The molecule has 1 rings (SSSR count). The van der Waals surface area contributed by atoms with Crippen LogP contribution in [0, 0.1) is 12.3 Å². The van der Waals surface area contributed by atoms with Crippen molar-refractivity contribution in [1.82, 2.24) is 4.98 Å². The highest BCUT2D eigenvalue weighted by atomic mass is 16.4. The second-order valence-electron chi connectivity index (χ2n) is 4.56. The van der Waals surface area contributed by atoms with Crippen molar-refractivity contribution in [3.8, 4) is 0 Å². The Bertz CT molecular complexity index is 347. The molecule has 0 aromatic carbocycles. The van der Waals surface area contributed by atoms with Crippen molar-refractivity contribution >= 4 is 5.97 Å². The fourth-order valence-corrected chi connectivity index (χ4v) is 1.18. The van der Waals surface area contributed by atoms with Crippen molar-refractivity contribution in [1.29, 1.82) is 0 Å². The van der Waals surface area contributed by atoms with Gasteiger partial charge >= 0.3 is 5.97 Å². The number of rotatable bonds is 2. The standard InChI is InChI=1S/C10H15NO3/c1-6-8(9(12)13)14-7(11-6)5-10(2,3)4/h5H2,1-4H3,(H,12,13). The monoisotopic (exact) mass is 197 g/mol. The van der Waals surface area contributed by atoms with E-state index in [-0.39, 0.29) is 11.2 Å². The third kappa shape index (κ3) is 2.58. The van der Waals surface area contributed by atoms with Crippen LogP contribution in [0.5, 0.6) is 0 Å². The average Bonchev–Trinajstić information content (AvgIpc) is 2.26. The summed E-state index contributed by atoms with van der Waals surface area (Å²) in [6, 6.07) is 0. The average molecular weight is 197 g/mol. The number of oxazole rings is 1.